The maximum Gasteiger partial charge on any atom is 0.415 e. The van der Waals surface area contributed by atoms with Gasteiger partial charge in [0.1, 0.15) is 5.75 Å². The van der Waals surface area contributed by atoms with Gasteiger partial charge in [-0.25, -0.2) is 4.79 Å². The number of carbonyl (C=O) groups excluding carboxylic acids is 3. The summed E-state index contributed by atoms with van der Waals surface area (Å²) in [5.74, 6) is -0.110. The van der Waals surface area contributed by atoms with Gasteiger partial charge in [0.25, 0.3) is 0 Å². The quantitative estimate of drug-likeness (QED) is 0.668. The lowest BCUT2D eigenvalue weighted by Gasteiger charge is -2.32. The number of hydrogen-bond acceptors (Lipinski definition) is 4. The van der Waals surface area contributed by atoms with Crippen LogP contribution in [-0.4, -0.2) is 35.1 Å². The molecule has 2 aliphatic rings. The van der Waals surface area contributed by atoms with Gasteiger partial charge < -0.3 is 9.64 Å². The number of amides is 1. The summed E-state index contributed by atoms with van der Waals surface area (Å²) in [5.41, 5.74) is 1.44. The van der Waals surface area contributed by atoms with Gasteiger partial charge in [-0.05, 0) is 38.0 Å². The van der Waals surface area contributed by atoms with Crippen molar-refractivity contribution in [2.45, 2.75) is 45.1 Å². The molecule has 1 fully saturated rings. The molecule has 144 valence electrons. The van der Waals surface area contributed by atoms with Gasteiger partial charge in [-0.3, -0.25) is 9.59 Å². The molecule has 5 heteroatoms. The molecular formula is C23H23NO4. The number of ketones is 2. The first-order valence-electron chi connectivity index (χ1n) is 9.91. The standard InChI is InChI=1S/C23H23NO4/c1-2-24(15-8-4-3-5-9-15)23(27)28-16-12-13-19-20(14-16)22(26)18-11-7-6-10-17(18)21(19)25/h6-7,10-15H,2-5,8-9H2,1H3. The molecule has 28 heavy (non-hydrogen) atoms. The van der Waals surface area contributed by atoms with Crippen LogP contribution in [0.2, 0.25) is 0 Å². The number of fused-ring (bicyclic) bond motifs is 2. The predicted octanol–water partition coefficient (Wildman–Crippen LogP) is 4.62. The Labute approximate surface area is 164 Å². The van der Waals surface area contributed by atoms with Crippen molar-refractivity contribution in [2.24, 2.45) is 0 Å². The second-order valence-corrected chi connectivity index (χ2v) is 7.36. The number of nitrogens with zero attached hydrogens (tertiary/aromatic N) is 1. The summed E-state index contributed by atoms with van der Waals surface area (Å²) in [7, 11) is 0. The molecule has 2 aromatic carbocycles. The molecule has 0 atom stereocenters. The van der Waals surface area contributed by atoms with E-state index in [1.807, 2.05) is 6.92 Å². The van der Waals surface area contributed by atoms with Crippen LogP contribution in [0.3, 0.4) is 0 Å². The van der Waals surface area contributed by atoms with Crippen LogP contribution in [-0.2, 0) is 0 Å². The van der Waals surface area contributed by atoms with E-state index in [0.717, 1.165) is 25.7 Å². The minimum atomic E-state index is -0.399. The number of benzene rings is 2. The van der Waals surface area contributed by atoms with Crippen molar-refractivity contribution in [3.05, 3.63) is 64.7 Å². The average molecular weight is 377 g/mol. The van der Waals surface area contributed by atoms with E-state index in [2.05, 4.69) is 0 Å². The molecule has 0 aromatic heterocycles. The molecule has 1 amide bonds. The van der Waals surface area contributed by atoms with Crippen molar-refractivity contribution >= 4 is 17.7 Å². The molecule has 4 rings (SSSR count). The number of carbonyl (C=O) groups is 3. The normalized spacial score (nSPS) is 16.3. The van der Waals surface area contributed by atoms with Gasteiger partial charge in [0, 0.05) is 34.8 Å². The van der Waals surface area contributed by atoms with Crippen LogP contribution < -0.4 is 4.74 Å². The average Bonchev–Trinajstić information content (AvgIpc) is 2.73. The number of ether oxygens (including phenoxy) is 1. The van der Waals surface area contributed by atoms with Crippen LogP contribution in [0.25, 0.3) is 0 Å². The highest BCUT2D eigenvalue weighted by Crippen LogP contribution is 2.30. The zero-order chi connectivity index (χ0) is 19.7. The SMILES string of the molecule is CCN(C(=O)Oc1ccc2c(c1)C(=O)c1ccccc1C2=O)C1CCCCC1. The largest absolute Gasteiger partial charge is 0.415 e. The van der Waals surface area contributed by atoms with Crippen molar-refractivity contribution in [1.82, 2.24) is 4.90 Å². The van der Waals surface area contributed by atoms with Crippen LogP contribution in [0.1, 0.15) is 70.9 Å². The van der Waals surface area contributed by atoms with E-state index >= 15 is 0 Å². The highest BCUT2D eigenvalue weighted by molar-refractivity contribution is 6.28. The van der Waals surface area contributed by atoms with Crippen LogP contribution in [0.5, 0.6) is 5.75 Å². The lowest BCUT2D eigenvalue weighted by molar-refractivity contribution is 0.0978. The van der Waals surface area contributed by atoms with Crippen molar-refractivity contribution < 1.29 is 19.1 Å². The highest BCUT2D eigenvalue weighted by Gasteiger charge is 2.30. The summed E-state index contributed by atoms with van der Waals surface area (Å²) >= 11 is 0. The van der Waals surface area contributed by atoms with E-state index in [1.165, 1.54) is 12.5 Å². The Bertz CT molecular complexity index is 943. The first kappa shape index (κ1) is 18.4. The Morgan fingerprint density at radius 2 is 1.54 bits per heavy atom. The third-order valence-corrected chi connectivity index (χ3v) is 5.69. The summed E-state index contributed by atoms with van der Waals surface area (Å²) in [5, 5.41) is 0. The highest BCUT2D eigenvalue weighted by atomic mass is 16.6. The summed E-state index contributed by atoms with van der Waals surface area (Å²) < 4.78 is 5.58. The fourth-order valence-corrected chi connectivity index (χ4v) is 4.23. The van der Waals surface area contributed by atoms with Crippen molar-refractivity contribution in [1.29, 1.82) is 0 Å². The van der Waals surface area contributed by atoms with E-state index in [1.54, 1.807) is 41.3 Å². The molecular weight excluding hydrogens is 354 g/mol. The van der Waals surface area contributed by atoms with E-state index < -0.39 is 6.09 Å². The molecule has 0 bridgehead atoms. The molecule has 0 heterocycles. The molecule has 1 saturated carbocycles. The monoisotopic (exact) mass is 377 g/mol. The molecule has 0 aliphatic heterocycles. The maximum atomic E-state index is 12.8. The van der Waals surface area contributed by atoms with Crippen molar-refractivity contribution in [2.75, 3.05) is 6.54 Å². The summed E-state index contributed by atoms with van der Waals surface area (Å²) in [6.07, 6.45) is 5.07. The second kappa shape index (κ2) is 7.58. The molecule has 0 N–H and O–H groups in total. The lowest BCUT2D eigenvalue weighted by atomic mass is 9.84. The smallest absolute Gasteiger partial charge is 0.410 e. The van der Waals surface area contributed by atoms with E-state index in [4.69, 9.17) is 4.74 Å². The van der Waals surface area contributed by atoms with E-state index in [-0.39, 0.29) is 23.2 Å². The van der Waals surface area contributed by atoms with Crippen molar-refractivity contribution in [3.8, 4) is 5.75 Å². The summed E-state index contributed by atoms with van der Waals surface area (Å²) in [6, 6.07) is 11.7. The third-order valence-electron chi connectivity index (χ3n) is 5.69. The first-order chi connectivity index (χ1) is 13.6. The molecule has 2 aliphatic carbocycles. The van der Waals surface area contributed by atoms with Crippen LogP contribution in [0.15, 0.2) is 42.5 Å². The second-order valence-electron chi connectivity index (χ2n) is 7.36. The molecule has 0 radical (unpaired) electrons. The van der Waals surface area contributed by atoms with E-state index in [9.17, 15) is 14.4 Å². The van der Waals surface area contributed by atoms with Crippen LogP contribution in [0, 0.1) is 0 Å². The Balaban J connectivity index is 1.58. The Morgan fingerprint density at radius 3 is 2.18 bits per heavy atom. The zero-order valence-corrected chi connectivity index (χ0v) is 15.9. The molecule has 5 nitrogen and oxygen atoms in total. The predicted molar refractivity (Wildman–Crippen MR) is 105 cm³/mol. The first-order valence-corrected chi connectivity index (χ1v) is 9.91. The maximum absolute atomic E-state index is 12.8. The van der Waals surface area contributed by atoms with Gasteiger partial charge in [0.15, 0.2) is 11.6 Å². The molecule has 0 unspecified atom stereocenters. The zero-order valence-electron chi connectivity index (χ0n) is 15.9. The summed E-state index contributed by atoms with van der Waals surface area (Å²) in [6.45, 7) is 2.53. The minimum absolute atomic E-state index is 0.180. The molecule has 0 saturated heterocycles. The Kier molecular flexibility index (Phi) is 4.99. The van der Waals surface area contributed by atoms with Gasteiger partial charge in [0.2, 0.25) is 0 Å². The molecule has 0 spiro atoms. The van der Waals surface area contributed by atoms with Gasteiger partial charge in [-0.2, -0.15) is 0 Å². The Morgan fingerprint density at radius 1 is 0.929 bits per heavy atom. The van der Waals surface area contributed by atoms with Crippen LogP contribution >= 0.6 is 0 Å². The van der Waals surface area contributed by atoms with Gasteiger partial charge in [-0.1, -0.05) is 43.5 Å². The van der Waals surface area contributed by atoms with Gasteiger partial charge >= 0.3 is 6.09 Å². The fraction of sp³-hybridized carbons (Fsp3) is 0.348. The Hall–Kier alpha value is -2.95. The fourth-order valence-electron chi connectivity index (χ4n) is 4.23. The number of hydrogen-bond donors (Lipinski definition) is 0. The number of rotatable bonds is 3. The van der Waals surface area contributed by atoms with Gasteiger partial charge in [-0.15, -0.1) is 0 Å². The summed E-state index contributed by atoms with van der Waals surface area (Å²) in [4.78, 5) is 40.0. The van der Waals surface area contributed by atoms with E-state index in [0.29, 0.717) is 29.0 Å². The van der Waals surface area contributed by atoms with Crippen molar-refractivity contribution in [3.63, 3.8) is 0 Å². The minimum Gasteiger partial charge on any atom is -0.410 e. The topological polar surface area (TPSA) is 63.7 Å². The van der Waals surface area contributed by atoms with Gasteiger partial charge in [0.05, 0.1) is 0 Å². The van der Waals surface area contributed by atoms with Crippen LogP contribution in [0.4, 0.5) is 4.79 Å². The molecule has 2 aromatic rings. The third kappa shape index (κ3) is 3.21. The lowest BCUT2D eigenvalue weighted by Crippen LogP contribution is -2.42.